The van der Waals surface area contributed by atoms with Gasteiger partial charge >= 0.3 is 0 Å². The van der Waals surface area contributed by atoms with Gasteiger partial charge in [0, 0.05) is 9.79 Å². The van der Waals surface area contributed by atoms with Crippen molar-refractivity contribution >= 4 is 35.0 Å². The highest BCUT2D eigenvalue weighted by Gasteiger charge is 2.28. The lowest BCUT2D eigenvalue weighted by molar-refractivity contribution is -0.117. The Labute approximate surface area is 172 Å². The number of halogens is 5. The zero-order chi connectivity index (χ0) is 21.0. The number of rotatable bonds is 7. The summed E-state index contributed by atoms with van der Waals surface area (Å²) in [5.41, 5.74) is -1.43. The third-order valence-electron chi connectivity index (χ3n) is 3.80. The molecule has 0 saturated heterocycles. The van der Waals surface area contributed by atoms with E-state index in [1.807, 2.05) is 30.3 Å². The second kappa shape index (κ2) is 9.32. The molecule has 0 fully saturated rings. The van der Waals surface area contributed by atoms with Crippen molar-refractivity contribution in [1.82, 2.24) is 9.78 Å². The van der Waals surface area contributed by atoms with Crippen molar-refractivity contribution in [1.29, 1.82) is 0 Å². The number of carbonyl (C=O) groups excluding carboxylic acids is 1. The molecule has 0 aliphatic rings. The molecule has 3 rings (SSSR count). The molecule has 29 heavy (non-hydrogen) atoms. The highest BCUT2D eigenvalue weighted by atomic mass is 35.5. The van der Waals surface area contributed by atoms with Gasteiger partial charge in [-0.25, -0.2) is 17.6 Å². The predicted molar refractivity (Wildman–Crippen MR) is 103 cm³/mol. The summed E-state index contributed by atoms with van der Waals surface area (Å²) in [4.78, 5) is 14.1. The van der Waals surface area contributed by atoms with Gasteiger partial charge in [-0.15, -0.1) is 0 Å². The number of nitrogens with zero attached hydrogens (tertiary/aromatic N) is 2. The summed E-state index contributed by atoms with van der Waals surface area (Å²) in [5, 5.41) is 5.17. The number of benzene rings is 2. The van der Waals surface area contributed by atoms with Gasteiger partial charge in [-0.05, 0) is 24.3 Å². The van der Waals surface area contributed by atoms with Crippen LogP contribution in [0.5, 0.6) is 0 Å². The fourth-order valence-corrected chi connectivity index (χ4v) is 3.76. The number of carbonyl (C=O) groups is 1. The average Bonchev–Trinajstić information content (AvgIpc) is 3.00. The Bertz CT molecular complexity index is 998. The van der Waals surface area contributed by atoms with Crippen LogP contribution in [-0.4, -0.2) is 15.7 Å². The van der Waals surface area contributed by atoms with E-state index in [4.69, 9.17) is 11.6 Å². The van der Waals surface area contributed by atoms with E-state index >= 15 is 0 Å². The Morgan fingerprint density at radius 2 is 1.69 bits per heavy atom. The number of hydrogen-bond acceptors (Lipinski definition) is 3. The summed E-state index contributed by atoms with van der Waals surface area (Å²) in [6, 6.07) is 16.4. The number of aromatic nitrogens is 2. The molecule has 0 radical (unpaired) electrons. The van der Waals surface area contributed by atoms with Crippen LogP contribution in [0.1, 0.15) is 24.2 Å². The van der Waals surface area contributed by atoms with Gasteiger partial charge in [-0.1, -0.05) is 53.7 Å². The van der Waals surface area contributed by atoms with Crippen molar-refractivity contribution < 1.29 is 22.4 Å². The number of anilines is 1. The first-order valence-corrected chi connectivity index (χ1v) is 9.50. The minimum atomic E-state index is -3.16. The highest BCUT2D eigenvalue weighted by Crippen LogP contribution is 2.35. The molecule has 1 amide bonds. The molecule has 4 nitrogen and oxygen atoms in total. The molecule has 3 aromatic rings. The number of amides is 1. The van der Waals surface area contributed by atoms with Crippen molar-refractivity contribution in [3.63, 3.8) is 0 Å². The largest absolute Gasteiger partial charge is 0.323 e. The van der Waals surface area contributed by atoms with E-state index < -0.39 is 41.7 Å². The molecule has 0 spiro atoms. The first-order valence-electron chi connectivity index (χ1n) is 8.31. The smallest absolute Gasteiger partial charge is 0.283 e. The minimum Gasteiger partial charge on any atom is -0.323 e. The highest BCUT2D eigenvalue weighted by molar-refractivity contribution is 7.99. The van der Waals surface area contributed by atoms with E-state index in [1.54, 1.807) is 24.3 Å². The molecule has 10 heteroatoms. The maximum Gasteiger partial charge on any atom is 0.283 e. The Balaban J connectivity index is 1.80. The maximum absolute atomic E-state index is 13.2. The Morgan fingerprint density at radius 3 is 2.34 bits per heavy atom. The Kier molecular flexibility index (Phi) is 6.81. The fourth-order valence-electron chi connectivity index (χ4n) is 2.54. The second-order valence-corrected chi connectivity index (χ2v) is 7.30. The Morgan fingerprint density at radius 1 is 1.03 bits per heavy atom. The molecule has 1 heterocycles. The van der Waals surface area contributed by atoms with Gasteiger partial charge in [0.25, 0.3) is 12.9 Å². The van der Waals surface area contributed by atoms with E-state index in [2.05, 4.69) is 10.4 Å². The number of alkyl halides is 4. The molecule has 0 aliphatic heterocycles. The van der Waals surface area contributed by atoms with Crippen molar-refractivity contribution in [3.05, 3.63) is 71.0 Å². The monoisotopic (exact) mass is 443 g/mol. The normalized spacial score (nSPS) is 11.3. The molecule has 152 valence electrons. The van der Waals surface area contributed by atoms with Gasteiger partial charge in [0.2, 0.25) is 5.91 Å². The van der Waals surface area contributed by atoms with Crippen molar-refractivity contribution in [2.24, 2.45) is 0 Å². The van der Waals surface area contributed by atoms with Crippen LogP contribution in [0.3, 0.4) is 0 Å². The molecule has 0 bridgehead atoms. The standard InChI is InChI=1S/C19H14ClF4N3OS/c20-15-16(18(21)22)26-27(17(15)19(23)24)10-14(28)25-12-8-4-5-9-13(12)29-11-6-2-1-3-7-11/h1-9,18-19H,10H2,(H,25,28). The third-order valence-corrected chi connectivity index (χ3v) is 5.27. The molecule has 0 saturated carbocycles. The predicted octanol–water partition coefficient (Wildman–Crippen LogP) is 6.20. The molecule has 0 unspecified atom stereocenters. The summed E-state index contributed by atoms with van der Waals surface area (Å²) in [6.45, 7) is -0.684. The lowest BCUT2D eigenvalue weighted by Crippen LogP contribution is -2.21. The summed E-state index contributed by atoms with van der Waals surface area (Å²) in [7, 11) is 0. The molecule has 1 N–H and O–H groups in total. The van der Waals surface area contributed by atoms with Crippen molar-refractivity contribution in [2.75, 3.05) is 5.32 Å². The van der Waals surface area contributed by atoms with Gasteiger partial charge in [0.15, 0.2) is 0 Å². The van der Waals surface area contributed by atoms with Crippen LogP contribution < -0.4 is 5.32 Å². The number of hydrogen-bond donors (Lipinski definition) is 1. The minimum absolute atomic E-state index is 0.456. The van der Waals surface area contributed by atoms with Gasteiger partial charge in [-0.2, -0.15) is 5.10 Å². The molecular weight excluding hydrogens is 430 g/mol. The van der Waals surface area contributed by atoms with Gasteiger partial charge in [0.05, 0.1) is 10.7 Å². The molecular formula is C19H14ClF4N3OS. The Hall–Kier alpha value is -2.52. The molecule has 0 aliphatic carbocycles. The van der Waals surface area contributed by atoms with Crippen LogP contribution in [0.4, 0.5) is 23.2 Å². The summed E-state index contributed by atoms with van der Waals surface area (Å²) in [5.74, 6) is -0.701. The summed E-state index contributed by atoms with van der Waals surface area (Å²) >= 11 is 7.00. The van der Waals surface area contributed by atoms with Crippen LogP contribution in [0.15, 0.2) is 64.4 Å². The van der Waals surface area contributed by atoms with E-state index in [-0.39, 0.29) is 0 Å². The van der Waals surface area contributed by atoms with Gasteiger partial charge in [0.1, 0.15) is 17.9 Å². The summed E-state index contributed by atoms with van der Waals surface area (Å²) < 4.78 is 52.8. The fraction of sp³-hybridized carbons (Fsp3) is 0.158. The van der Waals surface area contributed by atoms with Crippen molar-refractivity contribution in [3.8, 4) is 0 Å². The zero-order valence-corrected chi connectivity index (χ0v) is 16.2. The zero-order valence-electron chi connectivity index (χ0n) is 14.7. The molecule has 0 atom stereocenters. The maximum atomic E-state index is 13.2. The summed E-state index contributed by atoms with van der Waals surface area (Å²) in [6.07, 6.45) is -6.29. The van der Waals surface area contributed by atoms with Crippen molar-refractivity contribution in [2.45, 2.75) is 29.2 Å². The quantitative estimate of drug-likeness (QED) is 0.442. The van der Waals surface area contributed by atoms with Crippen LogP contribution in [-0.2, 0) is 11.3 Å². The molecule has 1 aromatic heterocycles. The van der Waals surface area contributed by atoms with Crippen LogP contribution in [0.2, 0.25) is 5.02 Å². The molecule has 2 aromatic carbocycles. The van der Waals surface area contributed by atoms with Crippen LogP contribution in [0.25, 0.3) is 0 Å². The first-order chi connectivity index (χ1) is 13.9. The van der Waals surface area contributed by atoms with E-state index in [9.17, 15) is 22.4 Å². The van der Waals surface area contributed by atoms with E-state index in [0.717, 1.165) is 9.79 Å². The first kappa shape index (κ1) is 21.2. The van der Waals surface area contributed by atoms with Gasteiger partial charge < -0.3 is 5.32 Å². The number of nitrogens with one attached hydrogen (secondary N) is 1. The lowest BCUT2D eigenvalue weighted by atomic mass is 10.3. The SMILES string of the molecule is O=C(Cn1nc(C(F)F)c(Cl)c1C(F)F)Nc1ccccc1Sc1ccccc1. The van der Waals surface area contributed by atoms with Crippen LogP contribution in [0, 0.1) is 0 Å². The van der Waals surface area contributed by atoms with E-state index in [0.29, 0.717) is 10.4 Å². The second-order valence-electron chi connectivity index (χ2n) is 5.80. The average molecular weight is 444 g/mol. The lowest BCUT2D eigenvalue weighted by Gasteiger charge is -2.12. The third kappa shape index (κ3) is 5.10. The number of para-hydroxylation sites is 1. The van der Waals surface area contributed by atoms with E-state index in [1.165, 1.54) is 11.8 Å². The topological polar surface area (TPSA) is 46.9 Å². The van der Waals surface area contributed by atoms with Gasteiger partial charge in [-0.3, -0.25) is 9.48 Å². The van der Waals surface area contributed by atoms with Crippen LogP contribution >= 0.6 is 23.4 Å².